The normalized spacial score (nSPS) is 19.8. The van der Waals surface area contributed by atoms with Crippen molar-refractivity contribution in [1.29, 1.82) is 0 Å². The number of rotatable bonds is 2. The predicted octanol–water partition coefficient (Wildman–Crippen LogP) is 3.15. The largest absolute Gasteiger partial charge is 0.742 e. The van der Waals surface area contributed by atoms with E-state index in [1.54, 1.807) is 31.3 Å². The topological polar surface area (TPSA) is 74.4 Å². The highest BCUT2D eigenvalue weighted by Gasteiger charge is 2.40. The first-order chi connectivity index (χ1) is 13.8. The number of hydrogen-bond acceptors (Lipinski definition) is 7. The number of likely N-dealkylation sites (tertiary alicyclic amines) is 1. The number of benzene rings is 2. The first kappa shape index (κ1) is 18.0. The van der Waals surface area contributed by atoms with Crippen LogP contribution in [0.3, 0.4) is 0 Å². The minimum absolute atomic E-state index is 0.0448. The van der Waals surface area contributed by atoms with E-state index in [4.69, 9.17) is 4.74 Å². The van der Waals surface area contributed by atoms with Gasteiger partial charge in [-0.2, -0.15) is 0 Å². The van der Waals surface area contributed by atoms with Gasteiger partial charge in [-0.1, -0.05) is 0 Å². The molecule has 0 unspecified atom stereocenters. The molecule has 0 aliphatic carbocycles. The van der Waals surface area contributed by atoms with E-state index in [9.17, 15) is 18.8 Å². The van der Waals surface area contributed by atoms with Crippen molar-refractivity contribution < 1.29 is 18.3 Å². The van der Waals surface area contributed by atoms with Gasteiger partial charge in [0.1, 0.15) is 5.75 Å². The number of hydrazine groups is 2. The number of nitrogens with one attached hydrogen (secondary N) is 1. The molecule has 0 spiro atoms. The number of fused-ring (bicyclic) bond motifs is 2. The lowest BCUT2D eigenvalue weighted by atomic mass is 10.1. The zero-order valence-electron chi connectivity index (χ0n) is 15.6. The molecule has 1 saturated heterocycles. The quantitative estimate of drug-likeness (QED) is 0.827. The van der Waals surface area contributed by atoms with Crippen molar-refractivity contribution in [2.24, 2.45) is 0 Å². The number of alkyl halides is 2. The second-order valence-corrected chi connectivity index (χ2v) is 7.33. The zero-order valence-corrected chi connectivity index (χ0v) is 15.6. The fourth-order valence-corrected chi connectivity index (χ4v) is 3.82. The Kier molecular flexibility index (Phi) is 3.83. The predicted molar refractivity (Wildman–Crippen MR) is 103 cm³/mol. The van der Waals surface area contributed by atoms with Gasteiger partial charge in [0.25, 0.3) is 11.8 Å². The van der Waals surface area contributed by atoms with Gasteiger partial charge in [0.15, 0.2) is 6.73 Å². The van der Waals surface area contributed by atoms with Crippen molar-refractivity contribution in [2.45, 2.75) is 12.3 Å². The van der Waals surface area contributed by atoms with Gasteiger partial charge >= 0.3 is 0 Å². The van der Waals surface area contributed by atoms with Crippen molar-refractivity contribution in [3.8, 4) is 5.75 Å². The van der Waals surface area contributed by atoms with E-state index in [0.717, 1.165) is 16.5 Å². The molecule has 0 saturated carbocycles. The van der Waals surface area contributed by atoms with Crippen molar-refractivity contribution in [1.82, 2.24) is 10.0 Å². The summed E-state index contributed by atoms with van der Waals surface area (Å²) in [5, 5.41) is 14.0. The molecule has 2 aromatic rings. The third-order valence-electron chi connectivity index (χ3n) is 5.36. The molecule has 3 heterocycles. The molecule has 29 heavy (non-hydrogen) atoms. The molecule has 1 fully saturated rings. The smallest absolute Gasteiger partial charge is 0.267 e. The van der Waals surface area contributed by atoms with Crippen molar-refractivity contribution >= 4 is 28.7 Å². The summed E-state index contributed by atoms with van der Waals surface area (Å²) in [6, 6.07) is 10.3. The SMILES string of the molecule is CN1Nc2cc(N3COc4cc(C(=O)N5CCC(F)(F)C5)ccc43)ccc2N1[O-]. The second kappa shape index (κ2) is 6.19. The van der Waals surface area contributed by atoms with E-state index in [-0.39, 0.29) is 19.7 Å². The molecule has 0 radical (unpaired) electrons. The molecule has 10 heteroatoms. The molecule has 0 atom stereocenters. The van der Waals surface area contributed by atoms with Gasteiger partial charge < -0.3 is 30.3 Å². The average Bonchev–Trinajstić information content (AvgIpc) is 3.36. The Balaban J connectivity index is 1.39. The van der Waals surface area contributed by atoms with Crippen molar-refractivity contribution in [2.75, 3.05) is 42.4 Å². The molecule has 0 bridgehead atoms. The van der Waals surface area contributed by atoms with E-state index in [1.807, 2.05) is 17.0 Å². The third kappa shape index (κ3) is 2.91. The first-order valence-electron chi connectivity index (χ1n) is 9.15. The highest BCUT2D eigenvalue weighted by atomic mass is 19.3. The van der Waals surface area contributed by atoms with Crippen LogP contribution in [0, 0.1) is 5.21 Å². The van der Waals surface area contributed by atoms with Crippen LogP contribution >= 0.6 is 0 Å². The van der Waals surface area contributed by atoms with E-state index in [2.05, 4.69) is 5.43 Å². The summed E-state index contributed by atoms with van der Waals surface area (Å²) >= 11 is 0. The van der Waals surface area contributed by atoms with Gasteiger partial charge in [-0.15, -0.1) is 5.12 Å². The number of halogens is 2. The van der Waals surface area contributed by atoms with Gasteiger partial charge in [-0.3, -0.25) is 4.79 Å². The van der Waals surface area contributed by atoms with Crippen LogP contribution in [-0.2, 0) is 0 Å². The maximum atomic E-state index is 13.4. The van der Waals surface area contributed by atoms with E-state index < -0.39 is 18.4 Å². The van der Waals surface area contributed by atoms with E-state index in [1.165, 1.54) is 10.0 Å². The lowest BCUT2D eigenvalue weighted by Gasteiger charge is -2.30. The number of carbonyl (C=O) groups excluding carboxylic acids is 1. The first-order valence-corrected chi connectivity index (χ1v) is 9.15. The molecule has 152 valence electrons. The Labute approximate surface area is 165 Å². The average molecular weight is 402 g/mol. The lowest BCUT2D eigenvalue weighted by Crippen LogP contribution is -2.33. The van der Waals surface area contributed by atoms with Crippen LogP contribution in [0.2, 0.25) is 0 Å². The van der Waals surface area contributed by atoms with Crippen LogP contribution in [0.25, 0.3) is 0 Å². The Morgan fingerprint density at radius 2 is 2.00 bits per heavy atom. The van der Waals surface area contributed by atoms with Gasteiger partial charge in [0.05, 0.1) is 23.6 Å². The van der Waals surface area contributed by atoms with Gasteiger partial charge in [0.2, 0.25) is 0 Å². The maximum Gasteiger partial charge on any atom is 0.267 e. The summed E-state index contributed by atoms with van der Waals surface area (Å²) in [6.07, 6.45) is -0.309. The number of ether oxygens (including phenoxy) is 1. The van der Waals surface area contributed by atoms with E-state index >= 15 is 0 Å². The monoisotopic (exact) mass is 402 g/mol. The number of anilines is 4. The molecular formula is C19H18F2N5O3-. The summed E-state index contributed by atoms with van der Waals surface area (Å²) < 4.78 is 32.6. The standard InChI is InChI=1S/C19H18F2N5O3/c1-23-22-14-9-13(3-5-15(14)26(23)28)25-11-29-17-8-12(2-4-16(17)25)18(27)24-7-6-19(20,21)10-24/h2-5,8-9,22H,6-7,10-11H2,1H3/q-1. The Morgan fingerprint density at radius 3 is 2.76 bits per heavy atom. The Hall–Kier alpha value is -3.11. The molecule has 2 aromatic carbocycles. The Morgan fingerprint density at radius 1 is 1.21 bits per heavy atom. The summed E-state index contributed by atoms with van der Waals surface area (Å²) in [4.78, 5) is 15.6. The van der Waals surface area contributed by atoms with Crippen LogP contribution in [0.15, 0.2) is 36.4 Å². The van der Waals surface area contributed by atoms with Crippen LogP contribution in [0.4, 0.5) is 31.5 Å². The molecule has 5 rings (SSSR count). The minimum Gasteiger partial charge on any atom is -0.742 e. The number of carbonyl (C=O) groups is 1. The van der Waals surface area contributed by atoms with Gasteiger partial charge in [0, 0.05) is 31.3 Å². The summed E-state index contributed by atoms with van der Waals surface area (Å²) in [5.41, 5.74) is 6.06. The van der Waals surface area contributed by atoms with Gasteiger partial charge in [-0.05, 0) is 36.4 Å². The fourth-order valence-electron chi connectivity index (χ4n) is 3.82. The highest BCUT2D eigenvalue weighted by molar-refractivity contribution is 5.96. The maximum absolute atomic E-state index is 13.4. The van der Waals surface area contributed by atoms with Crippen LogP contribution in [0.5, 0.6) is 5.75 Å². The summed E-state index contributed by atoms with van der Waals surface area (Å²) in [6.45, 7) is -0.267. The second-order valence-electron chi connectivity index (χ2n) is 7.33. The molecule has 1 amide bonds. The molecule has 3 aliphatic heterocycles. The fraction of sp³-hybridized carbons (Fsp3) is 0.316. The molecule has 1 N–H and O–H groups in total. The minimum atomic E-state index is -2.82. The summed E-state index contributed by atoms with van der Waals surface area (Å²) in [5.74, 6) is -2.74. The highest BCUT2D eigenvalue weighted by Crippen LogP contribution is 2.43. The van der Waals surface area contributed by atoms with Crippen molar-refractivity contribution in [3.05, 3.63) is 47.2 Å². The number of hydrogen-bond donors (Lipinski definition) is 1. The molecule has 8 nitrogen and oxygen atoms in total. The van der Waals surface area contributed by atoms with Crippen molar-refractivity contribution in [3.63, 3.8) is 0 Å². The van der Waals surface area contributed by atoms with Crippen LogP contribution < -0.4 is 20.2 Å². The molecule has 0 aromatic heterocycles. The Bertz CT molecular complexity index is 1000. The van der Waals surface area contributed by atoms with Crippen LogP contribution in [0.1, 0.15) is 16.8 Å². The number of nitrogens with zero attached hydrogens (tertiary/aromatic N) is 4. The third-order valence-corrected chi connectivity index (χ3v) is 5.36. The number of amides is 1. The van der Waals surface area contributed by atoms with Crippen LogP contribution in [-0.4, -0.2) is 48.7 Å². The van der Waals surface area contributed by atoms with E-state index in [0.29, 0.717) is 22.7 Å². The molecular weight excluding hydrogens is 384 g/mol. The van der Waals surface area contributed by atoms with Gasteiger partial charge in [-0.25, -0.2) is 8.78 Å². The lowest BCUT2D eigenvalue weighted by molar-refractivity contribution is 0.0120. The molecule has 3 aliphatic rings. The summed E-state index contributed by atoms with van der Waals surface area (Å²) in [7, 11) is 1.62. The zero-order chi connectivity index (χ0) is 20.3.